The molecule has 21 heavy (non-hydrogen) atoms. The molecule has 0 bridgehead atoms. The lowest BCUT2D eigenvalue weighted by atomic mass is 10.0. The Morgan fingerprint density at radius 3 is 2.43 bits per heavy atom. The van der Waals surface area contributed by atoms with Crippen molar-refractivity contribution in [3.8, 4) is 0 Å². The van der Waals surface area contributed by atoms with E-state index in [1.54, 1.807) is 0 Å². The number of hydrogen-bond acceptors (Lipinski definition) is 2. The molecule has 2 rings (SSSR count). The van der Waals surface area contributed by atoms with E-state index >= 15 is 0 Å². The maximum absolute atomic E-state index is 12.8. The van der Waals surface area contributed by atoms with Gasteiger partial charge in [-0.2, -0.15) is 13.2 Å². The van der Waals surface area contributed by atoms with Gasteiger partial charge in [0.1, 0.15) is 6.04 Å². The molecule has 0 radical (unpaired) electrons. The first-order valence-corrected chi connectivity index (χ1v) is 6.49. The standard InChI is InChI=1S/C14H14F3NO3/c15-14(16,17)10-4-2-1-3-9(10)12(19)18-11(13(20)21)7-8-5-6-8/h1-4,8,11H,5-7H2,(H,18,19)(H,20,21)/t11-/m0/s1. The summed E-state index contributed by atoms with van der Waals surface area (Å²) in [6.07, 6.45) is -2.64. The second-order valence-corrected chi connectivity index (χ2v) is 5.09. The number of alkyl halides is 3. The smallest absolute Gasteiger partial charge is 0.417 e. The van der Waals surface area contributed by atoms with Gasteiger partial charge in [-0.25, -0.2) is 4.79 Å². The minimum absolute atomic E-state index is 0.226. The zero-order chi connectivity index (χ0) is 15.6. The minimum atomic E-state index is -4.66. The van der Waals surface area contributed by atoms with Gasteiger partial charge in [-0.05, 0) is 24.5 Å². The quantitative estimate of drug-likeness (QED) is 0.878. The summed E-state index contributed by atoms with van der Waals surface area (Å²) in [6, 6.07) is 3.16. The van der Waals surface area contributed by atoms with E-state index in [2.05, 4.69) is 5.32 Å². The Morgan fingerprint density at radius 2 is 1.90 bits per heavy atom. The highest BCUT2D eigenvalue weighted by atomic mass is 19.4. The highest BCUT2D eigenvalue weighted by molar-refractivity contribution is 5.98. The average molecular weight is 301 g/mol. The second kappa shape index (κ2) is 5.75. The molecule has 0 spiro atoms. The van der Waals surface area contributed by atoms with Crippen LogP contribution in [0.4, 0.5) is 13.2 Å². The summed E-state index contributed by atoms with van der Waals surface area (Å²) in [5.74, 6) is -2.03. The van der Waals surface area contributed by atoms with Gasteiger partial charge in [0.15, 0.2) is 0 Å². The van der Waals surface area contributed by atoms with E-state index < -0.39 is 35.2 Å². The highest BCUT2D eigenvalue weighted by Crippen LogP contribution is 2.34. The maximum atomic E-state index is 12.8. The average Bonchev–Trinajstić information content (AvgIpc) is 3.20. The Bertz CT molecular complexity index is 553. The number of halogens is 3. The SMILES string of the molecule is O=C(N[C@@H](CC1CC1)C(=O)O)c1ccccc1C(F)(F)F. The zero-order valence-electron chi connectivity index (χ0n) is 11.0. The number of hydrogen-bond donors (Lipinski definition) is 2. The molecule has 1 aliphatic carbocycles. The number of nitrogens with one attached hydrogen (secondary N) is 1. The van der Waals surface area contributed by atoms with Crippen molar-refractivity contribution in [3.05, 3.63) is 35.4 Å². The Kier molecular flexibility index (Phi) is 4.20. The molecule has 1 saturated carbocycles. The van der Waals surface area contributed by atoms with Gasteiger partial charge in [-0.15, -0.1) is 0 Å². The van der Waals surface area contributed by atoms with Gasteiger partial charge in [0, 0.05) is 0 Å². The fraction of sp³-hybridized carbons (Fsp3) is 0.429. The molecule has 1 amide bonds. The Morgan fingerprint density at radius 1 is 1.29 bits per heavy atom. The van der Waals surface area contributed by atoms with Crippen molar-refractivity contribution in [2.45, 2.75) is 31.5 Å². The normalized spacial score (nSPS) is 16.3. The van der Waals surface area contributed by atoms with Crippen LogP contribution in [0.5, 0.6) is 0 Å². The van der Waals surface area contributed by atoms with Gasteiger partial charge < -0.3 is 10.4 Å². The number of rotatable bonds is 5. The summed E-state index contributed by atoms with van der Waals surface area (Å²) in [4.78, 5) is 23.0. The lowest BCUT2D eigenvalue weighted by Crippen LogP contribution is -2.41. The molecule has 7 heteroatoms. The third kappa shape index (κ3) is 3.96. The zero-order valence-corrected chi connectivity index (χ0v) is 11.0. The van der Waals surface area contributed by atoms with Crippen molar-refractivity contribution in [2.75, 3.05) is 0 Å². The molecule has 1 atom stereocenters. The molecule has 1 aromatic rings. The van der Waals surface area contributed by atoms with Crippen LogP contribution in [0.15, 0.2) is 24.3 Å². The first-order valence-electron chi connectivity index (χ1n) is 6.49. The fourth-order valence-corrected chi connectivity index (χ4v) is 2.07. The fourth-order valence-electron chi connectivity index (χ4n) is 2.07. The summed E-state index contributed by atoms with van der Waals surface area (Å²) in [5, 5.41) is 11.2. The summed E-state index contributed by atoms with van der Waals surface area (Å²) in [5.41, 5.74) is -1.63. The van der Waals surface area contributed by atoms with Crippen molar-refractivity contribution in [1.29, 1.82) is 0 Å². The molecule has 114 valence electrons. The predicted octanol–water partition coefficient (Wildman–Crippen LogP) is 2.69. The number of carbonyl (C=O) groups excluding carboxylic acids is 1. The van der Waals surface area contributed by atoms with Crippen molar-refractivity contribution < 1.29 is 27.9 Å². The van der Waals surface area contributed by atoms with Gasteiger partial charge >= 0.3 is 12.1 Å². The van der Waals surface area contributed by atoms with Crippen molar-refractivity contribution in [2.24, 2.45) is 5.92 Å². The molecule has 2 N–H and O–H groups in total. The number of benzene rings is 1. The van der Waals surface area contributed by atoms with Gasteiger partial charge in [0.2, 0.25) is 0 Å². The molecule has 4 nitrogen and oxygen atoms in total. The van der Waals surface area contributed by atoms with Gasteiger partial charge in [0.05, 0.1) is 11.1 Å². The lowest BCUT2D eigenvalue weighted by Gasteiger charge is -2.16. The van der Waals surface area contributed by atoms with Crippen LogP contribution < -0.4 is 5.32 Å². The molecule has 1 aromatic carbocycles. The highest BCUT2D eigenvalue weighted by Gasteiger charge is 2.36. The molecule has 0 aromatic heterocycles. The first kappa shape index (κ1) is 15.3. The molecule has 0 unspecified atom stereocenters. The summed E-state index contributed by atoms with van der Waals surface area (Å²) in [6.45, 7) is 0. The van der Waals surface area contributed by atoms with Gasteiger partial charge in [0.25, 0.3) is 5.91 Å². The van der Waals surface area contributed by atoms with E-state index in [1.807, 2.05) is 0 Å². The molecule has 1 aliphatic rings. The van der Waals surface area contributed by atoms with E-state index in [0.717, 1.165) is 25.0 Å². The van der Waals surface area contributed by atoms with Crippen molar-refractivity contribution in [1.82, 2.24) is 5.32 Å². The van der Waals surface area contributed by atoms with Crippen LogP contribution in [0.3, 0.4) is 0 Å². The number of carboxylic acids is 1. The Balaban J connectivity index is 2.17. The van der Waals surface area contributed by atoms with E-state index in [1.165, 1.54) is 12.1 Å². The third-order valence-electron chi connectivity index (χ3n) is 3.35. The van der Waals surface area contributed by atoms with Gasteiger partial charge in [-0.1, -0.05) is 25.0 Å². The lowest BCUT2D eigenvalue weighted by molar-refractivity contribution is -0.139. The largest absolute Gasteiger partial charge is 0.480 e. The van der Waals surface area contributed by atoms with Crippen LogP contribution >= 0.6 is 0 Å². The molecule has 1 fully saturated rings. The van der Waals surface area contributed by atoms with Crippen LogP contribution in [-0.4, -0.2) is 23.0 Å². The Hall–Kier alpha value is -2.05. The molecule has 0 saturated heterocycles. The maximum Gasteiger partial charge on any atom is 0.417 e. The third-order valence-corrected chi connectivity index (χ3v) is 3.35. The number of aliphatic carboxylic acids is 1. The summed E-state index contributed by atoms with van der Waals surface area (Å²) >= 11 is 0. The van der Waals surface area contributed by atoms with Crippen LogP contribution in [0, 0.1) is 5.92 Å². The van der Waals surface area contributed by atoms with Crippen molar-refractivity contribution >= 4 is 11.9 Å². The van der Waals surface area contributed by atoms with Gasteiger partial charge in [-0.3, -0.25) is 4.79 Å². The van der Waals surface area contributed by atoms with E-state index in [-0.39, 0.29) is 12.3 Å². The van der Waals surface area contributed by atoms with Crippen LogP contribution in [0.2, 0.25) is 0 Å². The molecule has 0 aliphatic heterocycles. The number of carboxylic acid groups (broad SMARTS) is 1. The van der Waals surface area contributed by atoms with E-state index in [4.69, 9.17) is 5.11 Å². The van der Waals surface area contributed by atoms with Crippen LogP contribution in [-0.2, 0) is 11.0 Å². The van der Waals surface area contributed by atoms with E-state index in [9.17, 15) is 22.8 Å². The summed E-state index contributed by atoms with van der Waals surface area (Å²) < 4.78 is 38.5. The number of amides is 1. The molecular weight excluding hydrogens is 287 g/mol. The van der Waals surface area contributed by atoms with Crippen LogP contribution in [0.1, 0.15) is 35.2 Å². The topological polar surface area (TPSA) is 66.4 Å². The summed E-state index contributed by atoms with van der Waals surface area (Å²) in [7, 11) is 0. The van der Waals surface area contributed by atoms with Crippen molar-refractivity contribution in [3.63, 3.8) is 0 Å². The Labute approximate surface area is 119 Å². The minimum Gasteiger partial charge on any atom is -0.480 e. The predicted molar refractivity (Wildman–Crippen MR) is 67.7 cm³/mol. The second-order valence-electron chi connectivity index (χ2n) is 5.09. The monoisotopic (exact) mass is 301 g/mol. The van der Waals surface area contributed by atoms with Crippen LogP contribution in [0.25, 0.3) is 0 Å². The first-order chi connectivity index (χ1) is 9.79. The molecular formula is C14H14F3NO3. The number of carbonyl (C=O) groups is 2. The molecule has 0 heterocycles. The van der Waals surface area contributed by atoms with E-state index in [0.29, 0.717) is 0 Å².